The number of hydrogen-bond acceptors (Lipinski definition) is 6. The fraction of sp³-hybridized carbons (Fsp3) is 0.0909. The van der Waals surface area contributed by atoms with Crippen molar-refractivity contribution in [3.05, 3.63) is 87.7 Å². The van der Waals surface area contributed by atoms with Crippen LogP contribution in [0.25, 0.3) is 6.08 Å². The Balaban J connectivity index is 1.58. The number of aliphatic imine (C=N–C) groups is 1. The average Bonchev–Trinajstić information content (AvgIpc) is 3.38. The van der Waals surface area contributed by atoms with Gasteiger partial charge in [0.15, 0.2) is 17.2 Å². The Morgan fingerprint density at radius 1 is 1.07 bits per heavy atom. The molecule has 6 heteroatoms. The maximum Gasteiger partial charge on any atom is 0.363 e. The highest BCUT2D eigenvalue weighted by Gasteiger charge is 2.24. The SMILES string of the molecule is COc1ccc(/C=C2\N=C(c3cccs3)OC2=O)cc1OCc1ccccc1. The van der Waals surface area contributed by atoms with Crippen molar-refractivity contribution in [3.63, 3.8) is 0 Å². The summed E-state index contributed by atoms with van der Waals surface area (Å²) in [7, 11) is 1.59. The molecule has 0 spiro atoms. The highest BCUT2D eigenvalue weighted by atomic mass is 32.1. The van der Waals surface area contributed by atoms with E-state index in [2.05, 4.69) is 4.99 Å². The van der Waals surface area contributed by atoms with Crippen LogP contribution in [-0.4, -0.2) is 19.0 Å². The van der Waals surface area contributed by atoms with Gasteiger partial charge in [0.05, 0.1) is 12.0 Å². The van der Waals surface area contributed by atoms with Gasteiger partial charge in [0.2, 0.25) is 5.90 Å². The lowest BCUT2D eigenvalue weighted by Gasteiger charge is -2.11. The van der Waals surface area contributed by atoms with Gasteiger partial charge in [-0.25, -0.2) is 9.79 Å². The molecule has 0 amide bonds. The molecule has 4 rings (SSSR count). The normalized spacial score (nSPS) is 14.7. The summed E-state index contributed by atoms with van der Waals surface area (Å²) in [6, 6.07) is 19.1. The minimum absolute atomic E-state index is 0.252. The summed E-state index contributed by atoms with van der Waals surface area (Å²) in [5.74, 6) is 1.08. The van der Waals surface area contributed by atoms with Crippen molar-refractivity contribution in [1.29, 1.82) is 0 Å². The number of carbonyl (C=O) groups is 1. The fourth-order valence-corrected chi connectivity index (χ4v) is 3.35. The number of carbonyl (C=O) groups excluding carboxylic acids is 1. The maximum atomic E-state index is 12.1. The second-order valence-corrected chi connectivity index (χ2v) is 6.95. The molecule has 0 saturated carbocycles. The van der Waals surface area contributed by atoms with E-state index < -0.39 is 5.97 Å². The summed E-state index contributed by atoms with van der Waals surface area (Å²) in [4.78, 5) is 17.3. The molecule has 0 saturated heterocycles. The van der Waals surface area contributed by atoms with Crippen LogP contribution in [0.3, 0.4) is 0 Å². The predicted molar refractivity (Wildman–Crippen MR) is 109 cm³/mol. The molecule has 28 heavy (non-hydrogen) atoms. The van der Waals surface area contributed by atoms with E-state index in [1.54, 1.807) is 19.3 Å². The van der Waals surface area contributed by atoms with Crippen LogP contribution in [0.1, 0.15) is 16.0 Å². The number of rotatable bonds is 6. The summed E-state index contributed by atoms with van der Waals surface area (Å²) in [6.45, 7) is 0.417. The van der Waals surface area contributed by atoms with Crippen LogP contribution in [0.5, 0.6) is 11.5 Å². The molecule has 2 aromatic carbocycles. The summed E-state index contributed by atoms with van der Waals surface area (Å²) in [6.07, 6.45) is 1.68. The number of thiophene rings is 1. The molecular weight excluding hydrogens is 374 g/mol. The van der Waals surface area contributed by atoms with E-state index in [1.165, 1.54) is 11.3 Å². The Hall–Kier alpha value is -3.38. The van der Waals surface area contributed by atoms with Gasteiger partial charge in [-0.1, -0.05) is 42.5 Å². The molecular formula is C22H17NO4S. The van der Waals surface area contributed by atoms with Gasteiger partial charge in [-0.15, -0.1) is 11.3 Å². The first-order valence-corrected chi connectivity index (χ1v) is 9.52. The van der Waals surface area contributed by atoms with Gasteiger partial charge in [-0.05, 0) is 40.8 Å². The third-order valence-corrected chi connectivity index (χ3v) is 4.94. The molecule has 0 N–H and O–H groups in total. The molecule has 3 aromatic rings. The van der Waals surface area contributed by atoms with Gasteiger partial charge in [0, 0.05) is 0 Å². The summed E-state index contributed by atoms with van der Waals surface area (Å²) < 4.78 is 16.6. The van der Waals surface area contributed by atoms with E-state index in [4.69, 9.17) is 14.2 Å². The molecule has 5 nitrogen and oxygen atoms in total. The van der Waals surface area contributed by atoms with E-state index in [0.29, 0.717) is 24.0 Å². The van der Waals surface area contributed by atoms with Crippen molar-refractivity contribution >= 4 is 29.3 Å². The zero-order chi connectivity index (χ0) is 19.3. The smallest absolute Gasteiger partial charge is 0.363 e. The highest BCUT2D eigenvalue weighted by Crippen LogP contribution is 2.30. The molecule has 0 atom stereocenters. The second-order valence-electron chi connectivity index (χ2n) is 6.00. The first-order chi connectivity index (χ1) is 13.7. The van der Waals surface area contributed by atoms with E-state index in [0.717, 1.165) is 16.0 Å². The van der Waals surface area contributed by atoms with Gasteiger partial charge in [0.25, 0.3) is 0 Å². The van der Waals surface area contributed by atoms with E-state index >= 15 is 0 Å². The number of ether oxygens (including phenoxy) is 3. The lowest BCUT2D eigenvalue weighted by Crippen LogP contribution is -2.03. The third-order valence-electron chi connectivity index (χ3n) is 4.08. The number of nitrogens with zero attached hydrogens (tertiary/aromatic N) is 1. The van der Waals surface area contributed by atoms with Crippen molar-refractivity contribution in [1.82, 2.24) is 0 Å². The van der Waals surface area contributed by atoms with Crippen LogP contribution in [0, 0.1) is 0 Å². The lowest BCUT2D eigenvalue weighted by atomic mass is 10.1. The molecule has 1 aromatic heterocycles. The number of esters is 1. The number of cyclic esters (lactones) is 1. The topological polar surface area (TPSA) is 57.1 Å². The summed E-state index contributed by atoms with van der Waals surface area (Å²) >= 11 is 1.47. The van der Waals surface area contributed by atoms with Gasteiger partial charge in [0.1, 0.15) is 6.61 Å². The van der Waals surface area contributed by atoms with E-state index in [9.17, 15) is 4.79 Å². The predicted octanol–water partition coefficient (Wildman–Crippen LogP) is 4.68. The Kier molecular flexibility index (Phi) is 5.21. The standard InChI is InChI=1S/C22H17NO4S/c1-25-18-10-9-16(13-19(18)26-14-15-6-3-2-4-7-15)12-17-22(24)27-21(23-17)20-8-5-11-28-20/h2-13H,14H2,1H3/b17-12-. The molecule has 1 aliphatic heterocycles. The Morgan fingerprint density at radius 2 is 1.93 bits per heavy atom. The van der Waals surface area contributed by atoms with Crippen LogP contribution < -0.4 is 9.47 Å². The van der Waals surface area contributed by atoms with E-state index in [1.807, 2.05) is 60.0 Å². The van der Waals surface area contributed by atoms with Crippen molar-refractivity contribution in [2.75, 3.05) is 7.11 Å². The monoisotopic (exact) mass is 391 g/mol. The Labute approximate surface area is 166 Å². The number of methoxy groups -OCH3 is 1. The molecule has 140 valence electrons. The quantitative estimate of drug-likeness (QED) is 0.452. The molecule has 1 aliphatic rings. The minimum atomic E-state index is -0.467. The van der Waals surface area contributed by atoms with Gasteiger partial charge >= 0.3 is 5.97 Å². The van der Waals surface area contributed by atoms with Crippen LogP contribution in [0.4, 0.5) is 0 Å². The van der Waals surface area contributed by atoms with Gasteiger partial charge in [-0.3, -0.25) is 0 Å². The molecule has 0 fully saturated rings. The third kappa shape index (κ3) is 3.97. The molecule has 2 heterocycles. The van der Waals surface area contributed by atoms with Crippen LogP contribution >= 0.6 is 11.3 Å². The summed E-state index contributed by atoms with van der Waals surface area (Å²) in [5.41, 5.74) is 2.08. The number of hydrogen-bond donors (Lipinski definition) is 0. The van der Waals surface area contributed by atoms with Crippen molar-refractivity contribution in [2.24, 2.45) is 4.99 Å². The lowest BCUT2D eigenvalue weighted by molar-refractivity contribution is -0.129. The van der Waals surface area contributed by atoms with Crippen LogP contribution in [0.15, 0.2) is 76.7 Å². The molecule has 0 bridgehead atoms. The highest BCUT2D eigenvalue weighted by molar-refractivity contribution is 7.12. The molecule has 0 radical (unpaired) electrons. The first-order valence-electron chi connectivity index (χ1n) is 8.64. The zero-order valence-electron chi connectivity index (χ0n) is 15.1. The van der Waals surface area contributed by atoms with Gasteiger partial charge in [-0.2, -0.15) is 0 Å². The molecule has 0 aliphatic carbocycles. The number of benzene rings is 2. The fourth-order valence-electron chi connectivity index (χ4n) is 2.70. The van der Waals surface area contributed by atoms with Crippen molar-refractivity contribution in [2.45, 2.75) is 6.61 Å². The Bertz CT molecular complexity index is 1040. The second kappa shape index (κ2) is 8.10. The largest absolute Gasteiger partial charge is 0.493 e. The minimum Gasteiger partial charge on any atom is -0.493 e. The summed E-state index contributed by atoms with van der Waals surface area (Å²) in [5, 5.41) is 1.91. The Morgan fingerprint density at radius 3 is 2.68 bits per heavy atom. The maximum absolute atomic E-state index is 12.1. The van der Waals surface area contributed by atoms with Gasteiger partial charge < -0.3 is 14.2 Å². The van der Waals surface area contributed by atoms with Crippen LogP contribution in [-0.2, 0) is 16.1 Å². The first kappa shape index (κ1) is 18.0. The van der Waals surface area contributed by atoms with E-state index in [-0.39, 0.29) is 5.70 Å². The van der Waals surface area contributed by atoms with Crippen molar-refractivity contribution in [3.8, 4) is 11.5 Å². The average molecular weight is 391 g/mol. The van der Waals surface area contributed by atoms with Crippen molar-refractivity contribution < 1.29 is 19.0 Å². The van der Waals surface area contributed by atoms with Crippen LogP contribution in [0.2, 0.25) is 0 Å². The molecule has 0 unspecified atom stereocenters. The zero-order valence-corrected chi connectivity index (χ0v) is 15.9.